The Bertz CT molecular complexity index is 736. The predicted molar refractivity (Wildman–Crippen MR) is 80.2 cm³/mol. The molecule has 0 fully saturated rings. The van der Waals surface area contributed by atoms with Crippen LogP contribution >= 0.6 is 23.2 Å². The van der Waals surface area contributed by atoms with Crippen molar-refractivity contribution in [3.05, 3.63) is 40.1 Å². The fourth-order valence-corrected chi connectivity index (χ4v) is 3.03. The van der Waals surface area contributed by atoms with Gasteiger partial charge in [0, 0.05) is 25.4 Å². The van der Waals surface area contributed by atoms with Gasteiger partial charge in [0.05, 0.1) is 21.5 Å². The lowest BCUT2D eigenvalue weighted by Crippen LogP contribution is -2.12. The van der Waals surface area contributed by atoms with Gasteiger partial charge in [0.1, 0.15) is 0 Å². The first-order valence-corrected chi connectivity index (χ1v) is 8.21. The van der Waals surface area contributed by atoms with Crippen molar-refractivity contribution in [1.29, 1.82) is 0 Å². The molecule has 2 rings (SSSR count). The van der Waals surface area contributed by atoms with Gasteiger partial charge >= 0.3 is 0 Å². The number of nitrogens with zero attached hydrogens (tertiary/aromatic N) is 2. The van der Waals surface area contributed by atoms with Crippen LogP contribution in [0.4, 0.5) is 0 Å². The molecule has 0 bridgehead atoms. The smallest absolute Gasteiger partial charge is 0.238 e. The van der Waals surface area contributed by atoms with E-state index in [1.54, 1.807) is 10.9 Å². The lowest BCUT2D eigenvalue weighted by molar-refractivity contribution is 0.318. The van der Waals surface area contributed by atoms with Gasteiger partial charge in [-0.15, -0.1) is 0 Å². The normalized spacial score (nSPS) is 11.6. The maximum atomic E-state index is 11.3. The molecule has 114 valence electrons. The van der Waals surface area contributed by atoms with Gasteiger partial charge in [-0.1, -0.05) is 23.2 Å². The Labute approximate surface area is 132 Å². The number of sulfonamides is 1. The second-order valence-electron chi connectivity index (χ2n) is 4.31. The molecule has 6 nitrogen and oxygen atoms in total. The molecule has 1 aromatic heterocycles. The Morgan fingerprint density at radius 2 is 1.95 bits per heavy atom. The van der Waals surface area contributed by atoms with E-state index in [0.717, 1.165) is 5.69 Å². The van der Waals surface area contributed by atoms with E-state index in [4.69, 9.17) is 33.1 Å². The maximum Gasteiger partial charge on any atom is 0.238 e. The molecule has 0 aliphatic carbocycles. The van der Waals surface area contributed by atoms with Gasteiger partial charge in [-0.05, 0) is 18.2 Å². The summed E-state index contributed by atoms with van der Waals surface area (Å²) in [5.41, 5.74) is 0.989. The fourth-order valence-electron chi connectivity index (χ4n) is 1.74. The van der Waals surface area contributed by atoms with Crippen molar-refractivity contribution in [3.63, 3.8) is 0 Å². The molecule has 0 aliphatic rings. The Morgan fingerprint density at radius 3 is 2.43 bits per heavy atom. The minimum atomic E-state index is -3.86. The highest BCUT2D eigenvalue weighted by Crippen LogP contribution is 2.35. The minimum Gasteiger partial charge on any atom is -0.490 e. The fraction of sp³-hybridized carbons (Fsp3) is 0.250. The summed E-state index contributed by atoms with van der Waals surface area (Å²) in [6, 6.07) is 4.29. The molecule has 0 spiro atoms. The minimum absolute atomic E-state index is 0.0940. The number of ether oxygens (including phenoxy) is 1. The number of aromatic nitrogens is 2. The molecule has 1 heterocycles. The van der Waals surface area contributed by atoms with E-state index in [9.17, 15) is 8.42 Å². The molecule has 0 aliphatic heterocycles. The van der Waals surface area contributed by atoms with Gasteiger partial charge in [0.15, 0.2) is 5.75 Å². The molecule has 0 saturated heterocycles. The van der Waals surface area contributed by atoms with Crippen molar-refractivity contribution in [2.24, 2.45) is 12.2 Å². The summed E-state index contributed by atoms with van der Waals surface area (Å²) in [6.45, 7) is 0.327. The Kier molecular flexibility index (Phi) is 4.77. The molecule has 0 atom stereocenters. The highest BCUT2D eigenvalue weighted by atomic mass is 35.5. The lowest BCUT2D eigenvalue weighted by Gasteiger charge is -2.11. The number of rotatable bonds is 5. The molecule has 21 heavy (non-hydrogen) atoms. The summed E-state index contributed by atoms with van der Waals surface area (Å²) in [7, 11) is -2.03. The highest BCUT2D eigenvalue weighted by molar-refractivity contribution is 7.89. The third-order valence-electron chi connectivity index (χ3n) is 2.83. The second kappa shape index (κ2) is 6.23. The van der Waals surface area contributed by atoms with Crippen molar-refractivity contribution in [3.8, 4) is 5.75 Å². The zero-order valence-corrected chi connectivity index (χ0v) is 13.4. The van der Waals surface area contributed by atoms with Crippen LogP contribution in [0, 0.1) is 0 Å². The van der Waals surface area contributed by atoms with Gasteiger partial charge in [-0.2, -0.15) is 5.10 Å². The number of benzene rings is 1. The largest absolute Gasteiger partial charge is 0.490 e. The monoisotopic (exact) mass is 349 g/mol. The zero-order valence-electron chi connectivity index (χ0n) is 11.1. The van der Waals surface area contributed by atoms with Crippen LogP contribution in [-0.2, 0) is 23.5 Å². The zero-order chi connectivity index (χ0) is 15.6. The molecule has 0 radical (unpaired) electrons. The number of hydrogen-bond acceptors (Lipinski definition) is 4. The van der Waals surface area contributed by atoms with Crippen molar-refractivity contribution in [2.45, 2.75) is 11.3 Å². The topological polar surface area (TPSA) is 87.2 Å². The van der Waals surface area contributed by atoms with Gasteiger partial charge in [0.2, 0.25) is 10.0 Å². The van der Waals surface area contributed by atoms with E-state index in [1.807, 2.05) is 13.1 Å². The molecule has 2 aromatic rings. The summed E-state index contributed by atoms with van der Waals surface area (Å²) in [4.78, 5) is -0.156. The molecule has 9 heteroatoms. The SMILES string of the molecule is Cn1nccc1CCOc1c(Cl)cc(S(N)(=O)=O)cc1Cl. The lowest BCUT2D eigenvalue weighted by atomic mass is 10.3. The Balaban J connectivity index is 2.12. The molecule has 0 unspecified atom stereocenters. The molecular formula is C12H13Cl2N3O3S. The van der Waals surface area contributed by atoms with Crippen LogP contribution in [0.3, 0.4) is 0 Å². The number of aryl methyl sites for hydroxylation is 1. The first-order chi connectivity index (χ1) is 9.79. The second-order valence-corrected chi connectivity index (χ2v) is 6.68. The number of hydrogen-bond donors (Lipinski definition) is 1. The van der Waals surface area contributed by atoms with Crippen LogP contribution in [0.25, 0.3) is 0 Å². The summed E-state index contributed by atoms with van der Waals surface area (Å²) in [6.07, 6.45) is 2.30. The standard InChI is InChI=1S/C12H13Cl2N3O3S/c1-17-8(2-4-16-17)3-5-20-12-10(13)6-9(7-11(12)14)21(15,18)19/h2,4,6-7H,3,5H2,1H3,(H2,15,18,19). The van der Waals surface area contributed by atoms with Gasteiger partial charge in [-0.25, -0.2) is 13.6 Å². The average molecular weight is 350 g/mol. The third kappa shape index (κ3) is 3.88. The van der Waals surface area contributed by atoms with E-state index in [2.05, 4.69) is 5.10 Å². The van der Waals surface area contributed by atoms with E-state index < -0.39 is 10.0 Å². The quantitative estimate of drug-likeness (QED) is 0.893. The molecule has 0 saturated carbocycles. The van der Waals surface area contributed by atoms with Crippen molar-refractivity contribution in [1.82, 2.24) is 9.78 Å². The summed E-state index contributed by atoms with van der Waals surface area (Å²) in [5.74, 6) is 0.230. The molecule has 2 N–H and O–H groups in total. The van der Waals surface area contributed by atoms with Crippen LogP contribution in [0.15, 0.2) is 29.3 Å². The van der Waals surface area contributed by atoms with Crippen molar-refractivity contribution in [2.75, 3.05) is 6.61 Å². The Morgan fingerprint density at radius 1 is 1.33 bits per heavy atom. The first kappa shape index (κ1) is 16.1. The number of primary sulfonamides is 1. The van der Waals surface area contributed by atoms with Gasteiger partial charge in [-0.3, -0.25) is 4.68 Å². The van der Waals surface area contributed by atoms with E-state index in [0.29, 0.717) is 13.0 Å². The summed E-state index contributed by atoms with van der Waals surface area (Å²) in [5, 5.41) is 9.26. The number of halogens is 2. The van der Waals surface area contributed by atoms with Crippen LogP contribution in [0.2, 0.25) is 10.0 Å². The predicted octanol–water partition coefficient (Wildman–Crippen LogP) is 2.00. The summed E-state index contributed by atoms with van der Waals surface area (Å²) >= 11 is 12.0. The van der Waals surface area contributed by atoms with Crippen molar-refractivity contribution >= 4 is 33.2 Å². The average Bonchev–Trinajstić information content (AvgIpc) is 2.77. The third-order valence-corrected chi connectivity index (χ3v) is 4.28. The molecule has 0 amide bonds. The molecular weight excluding hydrogens is 337 g/mol. The van der Waals surface area contributed by atoms with Gasteiger partial charge < -0.3 is 4.74 Å². The molecule has 1 aromatic carbocycles. The van der Waals surface area contributed by atoms with Gasteiger partial charge in [0.25, 0.3) is 0 Å². The van der Waals surface area contributed by atoms with Crippen LogP contribution in [-0.4, -0.2) is 24.8 Å². The summed E-state index contributed by atoms with van der Waals surface area (Å²) < 4.78 is 29.8. The maximum absolute atomic E-state index is 11.3. The van der Waals surface area contributed by atoms with E-state index in [1.165, 1.54) is 12.1 Å². The number of nitrogens with two attached hydrogens (primary N) is 1. The van der Waals surface area contributed by atoms with Crippen LogP contribution in [0.5, 0.6) is 5.75 Å². The van der Waals surface area contributed by atoms with Crippen LogP contribution in [0.1, 0.15) is 5.69 Å². The Hall–Kier alpha value is -1.28. The highest BCUT2D eigenvalue weighted by Gasteiger charge is 2.16. The van der Waals surface area contributed by atoms with E-state index >= 15 is 0 Å². The van der Waals surface area contributed by atoms with Crippen molar-refractivity contribution < 1.29 is 13.2 Å². The van der Waals surface area contributed by atoms with E-state index in [-0.39, 0.29) is 20.7 Å². The first-order valence-electron chi connectivity index (χ1n) is 5.90. The van der Waals surface area contributed by atoms with Crippen LogP contribution < -0.4 is 9.88 Å².